The highest BCUT2D eigenvalue weighted by molar-refractivity contribution is 5.73. The number of fused-ring (bicyclic) bond motifs is 1. The van der Waals surface area contributed by atoms with E-state index in [1.54, 1.807) is 18.3 Å². The van der Waals surface area contributed by atoms with Crippen LogP contribution in [0.1, 0.15) is 12.5 Å². The maximum atomic E-state index is 11.4. The fourth-order valence-corrected chi connectivity index (χ4v) is 1.25. The molecule has 4 heteroatoms. The number of rotatable bonds is 1. The van der Waals surface area contributed by atoms with Crippen LogP contribution in [0, 0.1) is 0 Å². The summed E-state index contributed by atoms with van der Waals surface area (Å²) in [6.07, 6.45) is 2.27. The maximum absolute atomic E-state index is 11.4. The van der Waals surface area contributed by atoms with Crippen LogP contribution in [0.2, 0.25) is 0 Å². The lowest BCUT2D eigenvalue weighted by Gasteiger charge is -1.97. The van der Waals surface area contributed by atoms with Crippen molar-refractivity contribution in [3.05, 3.63) is 34.2 Å². The average Bonchev–Trinajstić information content (AvgIpc) is 2.17. The molecule has 0 fully saturated rings. The van der Waals surface area contributed by atoms with Crippen LogP contribution in [0.4, 0.5) is 0 Å². The van der Waals surface area contributed by atoms with Crippen LogP contribution in [0.15, 0.2) is 23.1 Å². The van der Waals surface area contributed by atoms with Gasteiger partial charge in [-0.1, -0.05) is 6.92 Å². The Kier molecular flexibility index (Phi) is 1.81. The Balaban J connectivity index is 2.81. The average molecular weight is 175 g/mol. The van der Waals surface area contributed by atoms with Crippen LogP contribution in [0.5, 0.6) is 0 Å². The second kappa shape index (κ2) is 2.97. The topological polar surface area (TPSA) is 58.6 Å². The van der Waals surface area contributed by atoms with E-state index >= 15 is 0 Å². The van der Waals surface area contributed by atoms with Gasteiger partial charge in [0.25, 0.3) is 5.56 Å². The second-order valence-electron chi connectivity index (χ2n) is 2.81. The van der Waals surface area contributed by atoms with Gasteiger partial charge in [-0.05, 0) is 18.6 Å². The summed E-state index contributed by atoms with van der Waals surface area (Å²) in [5.74, 6) is 0. The molecule has 13 heavy (non-hydrogen) atoms. The van der Waals surface area contributed by atoms with Gasteiger partial charge in [0.15, 0.2) is 0 Å². The number of aromatic amines is 1. The first-order valence-electron chi connectivity index (χ1n) is 4.15. The summed E-state index contributed by atoms with van der Waals surface area (Å²) in [5, 5.41) is 7.66. The van der Waals surface area contributed by atoms with Gasteiger partial charge >= 0.3 is 0 Å². The predicted molar refractivity (Wildman–Crippen MR) is 49.5 cm³/mol. The Morgan fingerprint density at radius 2 is 2.38 bits per heavy atom. The van der Waals surface area contributed by atoms with Crippen LogP contribution in [-0.2, 0) is 6.42 Å². The molecule has 2 heterocycles. The lowest BCUT2D eigenvalue weighted by molar-refractivity contribution is 1.04. The molecular weight excluding hydrogens is 166 g/mol. The van der Waals surface area contributed by atoms with Crippen LogP contribution in [0.25, 0.3) is 11.0 Å². The van der Waals surface area contributed by atoms with Crippen molar-refractivity contribution < 1.29 is 0 Å². The molecule has 0 saturated heterocycles. The molecule has 0 aromatic carbocycles. The van der Waals surface area contributed by atoms with E-state index in [-0.39, 0.29) is 5.56 Å². The van der Waals surface area contributed by atoms with E-state index in [1.807, 2.05) is 6.92 Å². The first kappa shape index (κ1) is 7.91. The van der Waals surface area contributed by atoms with E-state index in [9.17, 15) is 4.79 Å². The zero-order chi connectivity index (χ0) is 9.26. The van der Waals surface area contributed by atoms with E-state index in [4.69, 9.17) is 0 Å². The molecule has 0 amide bonds. The third-order valence-electron chi connectivity index (χ3n) is 1.98. The number of pyridine rings is 1. The molecular formula is C9H9N3O. The molecule has 4 nitrogen and oxygen atoms in total. The summed E-state index contributed by atoms with van der Waals surface area (Å²) in [5.41, 5.74) is 2.17. The number of hydrogen-bond donors (Lipinski definition) is 1. The summed E-state index contributed by atoms with van der Waals surface area (Å²) in [7, 11) is 0. The highest BCUT2D eigenvalue weighted by Gasteiger charge is 2.00. The number of hydrogen-bond acceptors (Lipinski definition) is 3. The van der Waals surface area contributed by atoms with Crippen LogP contribution in [0.3, 0.4) is 0 Å². The van der Waals surface area contributed by atoms with Gasteiger partial charge in [-0.3, -0.25) is 4.79 Å². The molecule has 0 bridgehead atoms. The van der Waals surface area contributed by atoms with Crippen LogP contribution >= 0.6 is 0 Å². The van der Waals surface area contributed by atoms with Gasteiger partial charge in [0.1, 0.15) is 5.52 Å². The highest BCUT2D eigenvalue weighted by atomic mass is 16.1. The minimum absolute atomic E-state index is 0.0389. The van der Waals surface area contributed by atoms with Crippen molar-refractivity contribution in [3.8, 4) is 0 Å². The summed E-state index contributed by atoms with van der Waals surface area (Å²) in [4.78, 5) is 14.1. The lowest BCUT2D eigenvalue weighted by Crippen LogP contribution is -2.11. The Bertz CT molecular complexity index is 489. The molecule has 66 valence electrons. The van der Waals surface area contributed by atoms with E-state index in [0.29, 0.717) is 6.42 Å². The first-order valence-corrected chi connectivity index (χ1v) is 4.15. The van der Waals surface area contributed by atoms with Gasteiger partial charge < -0.3 is 4.98 Å². The monoisotopic (exact) mass is 175 g/mol. The highest BCUT2D eigenvalue weighted by Crippen LogP contribution is 2.05. The van der Waals surface area contributed by atoms with Crippen molar-refractivity contribution in [1.82, 2.24) is 15.2 Å². The Hall–Kier alpha value is -1.71. The minimum atomic E-state index is -0.0389. The Labute approximate surface area is 74.6 Å². The van der Waals surface area contributed by atoms with Gasteiger partial charge in [-0.2, -0.15) is 5.10 Å². The quantitative estimate of drug-likeness (QED) is 0.699. The molecule has 2 aromatic heterocycles. The molecule has 0 radical (unpaired) electrons. The molecule has 1 N–H and O–H groups in total. The first-order chi connectivity index (χ1) is 6.31. The van der Waals surface area contributed by atoms with Crippen molar-refractivity contribution >= 4 is 11.0 Å². The maximum Gasteiger partial charge on any atom is 0.251 e. The molecule has 2 rings (SSSR count). The largest absolute Gasteiger partial charge is 0.320 e. The summed E-state index contributed by atoms with van der Waals surface area (Å²) < 4.78 is 0. The fourth-order valence-electron chi connectivity index (χ4n) is 1.25. The van der Waals surface area contributed by atoms with Crippen molar-refractivity contribution in [2.24, 2.45) is 0 Å². The smallest absolute Gasteiger partial charge is 0.251 e. The van der Waals surface area contributed by atoms with E-state index in [2.05, 4.69) is 15.2 Å². The zero-order valence-electron chi connectivity index (χ0n) is 7.24. The third kappa shape index (κ3) is 1.30. The third-order valence-corrected chi connectivity index (χ3v) is 1.98. The van der Waals surface area contributed by atoms with Crippen molar-refractivity contribution in [2.45, 2.75) is 13.3 Å². The minimum Gasteiger partial charge on any atom is -0.320 e. The molecule has 0 aliphatic heterocycles. The van der Waals surface area contributed by atoms with Gasteiger partial charge in [0.05, 0.1) is 11.7 Å². The van der Waals surface area contributed by atoms with Crippen LogP contribution < -0.4 is 5.56 Å². The van der Waals surface area contributed by atoms with Crippen molar-refractivity contribution in [3.63, 3.8) is 0 Å². The summed E-state index contributed by atoms with van der Waals surface area (Å²) >= 11 is 0. The standard InChI is InChI=1S/C9H9N3O/c1-2-6-5-8-7(11-9(6)13)3-4-10-12-8/h3-5H,2H2,1H3,(H,11,13). The molecule has 0 unspecified atom stereocenters. The van der Waals surface area contributed by atoms with Crippen LogP contribution in [-0.4, -0.2) is 15.2 Å². The van der Waals surface area contributed by atoms with Gasteiger partial charge in [-0.15, -0.1) is 5.10 Å². The number of aromatic nitrogens is 3. The molecule has 2 aromatic rings. The molecule has 0 aliphatic rings. The van der Waals surface area contributed by atoms with E-state index in [0.717, 1.165) is 16.6 Å². The lowest BCUT2D eigenvalue weighted by atomic mass is 10.2. The van der Waals surface area contributed by atoms with Gasteiger partial charge in [0, 0.05) is 5.56 Å². The molecule has 0 aliphatic carbocycles. The normalized spacial score (nSPS) is 10.5. The van der Waals surface area contributed by atoms with Crippen molar-refractivity contribution in [1.29, 1.82) is 0 Å². The van der Waals surface area contributed by atoms with Gasteiger partial charge in [0.2, 0.25) is 0 Å². The van der Waals surface area contributed by atoms with E-state index in [1.165, 1.54) is 0 Å². The number of H-pyrrole nitrogens is 1. The van der Waals surface area contributed by atoms with Gasteiger partial charge in [-0.25, -0.2) is 0 Å². The zero-order valence-corrected chi connectivity index (χ0v) is 7.24. The molecule has 0 spiro atoms. The SMILES string of the molecule is CCc1cc2nnccc2[nH]c1=O. The Morgan fingerprint density at radius 3 is 3.15 bits per heavy atom. The number of nitrogens with one attached hydrogen (secondary N) is 1. The number of aryl methyl sites for hydroxylation is 1. The summed E-state index contributed by atoms with van der Waals surface area (Å²) in [6, 6.07) is 3.52. The second-order valence-corrected chi connectivity index (χ2v) is 2.81. The fraction of sp³-hybridized carbons (Fsp3) is 0.222. The Morgan fingerprint density at radius 1 is 1.54 bits per heavy atom. The van der Waals surface area contributed by atoms with Crippen molar-refractivity contribution in [2.75, 3.05) is 0 Å². The van der Waals surface area contributed by atoms with E-state index < -0.39 is 0 Å². The number of nitrogens with zero attached hydrogens (tertiary/aromatic N) is 2. The molecule has 0 saturated carbocycles. The molecule has 0 atom stereocenters. The summed E-state index contributed by atoms with van der Waals surface area (Å²) in [6.45, 7) is 1.94. The predicted octanol–water partition coefficient (Wildman–Crippen LogP) is 0.880.